The molecule has 2 aromatic rings. The van der Waals surface area contributed by atoms with Crippen LogP contribution in [0.3, 0.4) is 0 Å². The Hall–Kier alpha value is -3.06. The van der Waals surface area contributed by atoms with E-state index in [4.69, 9.17) is 9.94 Å². The first-order chi connectivity index (χ1) is 13.0. The lowest BCUT2D eigenvalue weighted by Gasteiger charge is -2.23. The van der Waals surface area contributed by atoms with Crippen LogP contribution >= 0.6 is 0 Å². The number of hydrogen-bond donors (Lipinski definition) is 4. The first-order valence-corrected chi connectivity index (χ1v) is 8.85. The van der Waals surface area contributed by atoms with E-state index in [0.717, 1.165) is 23.3 Å². The summed E-state index contributed by atoms with van der Waals surface area (Å²) in [7, 11) is 0. The van der Waals surface area contributed by atoms with Gasteiger partial charge in [-0.1, -0.05) is 26.0 Å². The van der Waals surface area contributed by atoms with E-state index in [1.165, 1.54) is 0 Å². The maximum atomic E-state index is 12.5. The molecule has 2 aromatic carbocycles. The van der Waals surface area contributed by atoms with Gasteiger partial charge in [0.25, 0.3) is 5.91 Å². The summed E-state index contributed by atoms with van der Waals surface area (Å²) >= 11 is 0. The maximum Gasteiger partial charge on any atom is 0.319 e. The maximum absolute atomic E-state index is 12.5. The molecule has 1 atom stereocenters. The van der Waals surface area contributed by atoms with E-state index in [2.05, 4.69) is 10.6 Å². The number of carbonyl (C=O) groups is 2. The number of nitrogens with one attached hydrogen (secondary N) is 3. The highest BCUT2D eigenvalue weighted by Crippen LogP contribution is 2.28. The van der Waals surface area contributed by atoms with E-state index in [1.54, 1.807) is 29.7 Å². The molecule has 4 N–H and O–H groups in total. The fraction of sp³-hybridized carbons (Fsp3) is 0.300. The third-order valence-electron chi connectivity index (χ3n) is 4.53. The van der Waals surface area contributed by atoms with Crippen LogP contribution in [0, 0.1) is 5.92 Å². The molecular weight excluding hydrogens is 346 g/mol. The van der Waals surface area contributed by atoms with Gasteiger partial charge in [-0.2, -0.15) is 0 Å². The van der Waals surface area contributed by atoms with Crippen molar-refractivity contribution in [1.82, 2.24) is 10.8 Å². The zero-order valence-corrected chi connectivity index (χ0v) is 15.3. The van der Waals surface area contributed by atoms with Crippen LogP contribution in [0.5, 0.6) is 5.75 Å². The molecule has 7 heteroatoms. The quantitative estimate of drug-likeness (QED) is 0.480. The van der Waals surface area contributed by atoms with Crippen LogP contribution in [0.15, 0.2) is 42.5 Å². The largest absolute Gasteiger partial charge is 0.493 e. The van der Waals surface area contributed by atoms with Gasteiger partial charge in [-0.15, -0.1) is 0 Å². The monoisotopic (exact) mass is 369 g/mol. The number of urea groups is 1. The average Bonchev–Trinajstić information content (AvgIpc) is 3.13. The number of fused-ring (bicyclic) bond motifs is 1. The topological polar surface area (TPSA) is 99.7 Å². The molecule has 0 bridgehead atoms. The van der Waals surface area contributed by atoms with Crippen molar-refractivity contribution in [2.24, 2.45) is 5.92 Å². The van der Waals surface area contributed by atoms with Gasteiger partial charge in [0.15, 0.2) is 0 Å². The summed E-state index contributed by atoms with van der Waals surface area (Å²) in [5.74, 6) is 0.434. The summed E-state index contributed by atoms with van der Waals surface area (Å²) in [6.45, 7) is 4.68. The Bertz CT molecular complexity index is 834. The fourth-order valence-electron chi connectivity index (χ4n) is 3.11. The summed E-state index contributed by atoms with van der Waals surface area (Å²) in [6, 6.07) is 11.8. The Labute approximate surface area is 157 Å². The van der Waals surface area contributed by atoms with Gasteiger partial charge in [-0.05, 0) is 47.4 Å². The van der Waals surface area contributed by atoms with Gasteiger partial charge in [0.05, 0.1) is 12.6 Å². The first kappa shape index (κ1) is 18.7. The van der Waals surface area contributed by atoms with Crippen molar-refractivity contribution in [3.8, 4) is 5.75 Å². The second-order valence-corrected chi connectivity index (χ2v) is 6.80. The zero-order chi connectivity index (χ0) is 19.4. The van der Waals surface area contributed by atoms with E-state index in [9.17, 15) is 9.59 Å². The Balaban J connectivity index is 1.68. The summed E-state index contributed by atoms with van der Waals surface area (Å²) in [4.78, 5) is 23.9. The van der Waals surface area contributed by atoms with Crippen molar-refractivity contribution >= 4 is 17.6 Å². The van der Waals surface area contributed by atoms with Crippen LogP contribution < -0.4 is 20.9 Å². The van der Waals surface area contributed by atoms with Gasteiger partial charge in [0, 0.05) is 17.7 Å². The zero-order valence-electron chi connectivity index (χ0n) is 15.3. The number of hydroxylamine groups is 1. The molecule has 0 saturated carbocycles. The second-order valence-electron chi connectivity index (χ2n) is 6.80. The Morgan fingerprint density at radius 3 is 2.52 bits per heavy atom. The summed E-state index contributed by atoms with van der Waals surface area (Å²) in [5, 5.41) is 14.5. The first-order valence-electron chi connectivity index (χ1n) is 8.85. The third kappa shape index (κ3) is 4.38. The molecule has 0 spiro atoms. The van der Waals surface area contributed by atoms with Gasteiger partial charge in [-0.3, -0.25) is 10.0 Å². The molecule has 0 aromatic heterocycles. The van der Waals surface area contributed by atoms with Gasteiger partial charge < -0.3 is 15.4 Å². The lowest BCUT2D eigenvalue weighted by molar-refractivity contribution is 0.0706. The Morgan fingerprint density at radius 2 is 1.85 bits per heavy atom. The van der Waals surface area contributed by atoms with E-state index >= 15 is 0 Å². The normalized spacial score (nSPS) is 13.5. The van der Waals surface area contributed by atoms with Crippen molar-refractivity contribution in [3.63, 3.8) is 0 Å². The lowest BCUT2D eigenvalue weighted by atomic mass is 9.95. The Kier molecular flexibility index (Phi) is 5.61. The highest BCUT2D eigenvalue weighted by molar-refractivity contribution is 5.93. The van der Waals surface area contributed by atoms with Crippen LogP contribution in [-0.2, 0) is 6.42 Å². The third-order valence-corrected chi connectivity index (χ3v) is 4.53. The number of carbonyl (C=O) groups excluding carboxylic acids is 2. The molecule has 7 nitrogen and oxygen atoms in total. The van der Waals surface area contributed by atoms with Gasteiger partial charge in [-0.25, -0.2) is 10.3 Å². The van der Waals surface area contributed by atoms with Gasteiger partial charge >= 0.3 is 6.03 Å². The molecular formula is C20H23N3O4. The minimum atomic E-state index is -0.575. The number of anilines is 1. The van der Waals surface area contributed by atoms with E-state index in [-0.39, 0.29) is 18.0 Å². The molecule has 3 amide bonds. The molecule has 1 aliphatic heterocycles. The predicted molar refractivity (Wildman–Crippen MR) is 101 cm³/mol. The van der Waals surface area contributed by atoms with Crippen LogP contribution in [0.1, 0.15) is 41.4 Å². The summed E-state index contributed by atoms with van der Waals surface area (Å²) in [5.41, 5.74) is 4.62. The molecule has 0 saturated heterocycles. The van der Waals surface area contributed by atoms with E-state index < -0.39 is 5.91 Å². The van der Waals surface area contributed by atoms with E-state index in [1.807, 2.05) is 32.0 Å². The molecule has 3 rings (SSSR count). The number of ether oxygens (including phenoxy) is 1. The highest BCUT2D eigenvalue weighted by atomic mass is 16.5. The molecule has 1 heterocycles. The van der Waals surface area contributed by atoms with Gasteiger partial charge in [0.2, 0.25) is 0 Å². The average molecular weight is 369 g/mol. The van der Waals surface area contributed by atoms with Crippen molar-refractivity contribution in [3.05, 3.63) is 59.2 Å². The lowest BCUT2D eigenvalue weighted by Crippen LogP contribution is -2.35. The van der Waals surface area contributed by atoms with Crippen molar-refractivity contribution in [2.45, 2.75) is 26.3 Å². The van der Waals surface area contributed by atoms with Crippen molar-refractivity contribution in [1.29, 1.82) is 0 Å². The number of hydrogen-bond acceptors (Lipinski definition) is 4. The van der Waals surface area contributed by atoms with Crippen LogP contribution in [0.4, 0.5) is 10.5 Å². The SMILES string of the molecule is CC(C)[C@@H](NC(=O)Nc1ccc2c(c1)CCO2)c1ccc(C(=O)NO)cc1. The highest BCUT2D eigenvalue weighted by Gasteiger charge is 2.19. The summed E-state index contributed by atoms with van der Waals surface area (Å²) < 4.78 is 5.47. The fourth-order valence-corrected chi connectivity index (χ4v) is 3.11. The van der Waals surface area contributed by atoms with Crippen LogP contribution in [-0.4, -0.2) is 23.8 Å². The van der Waals surface area contributed by atoms with E-state index in [0.29, 0.717) is 17.9 Å². The standard InChI is InChI=1S/C20H23N3O4/c1-12(2)18(13-3-5-14(6-4-13)19(24)23-26)22-20(25)21-16-7-8-17-15(11-16)9-10-27-17/h3-8,11-12,18,26H,9-10H2,1-2H3,(H,23,24)(H2,21,22,25)/t18-/m1/s1. The van der Waals surface area contributed by atoms with Crippen molar-refractivity contribution in [2.75, 3.05) is 11.9 Å². The molecule has 0 radical (unpaired) electrons. The van der Waals surface area contributed by atoms with Crippen LogP contribution in [0.25, 0.3) is 0 Å². The molecule has 27 heavy (non-hydrogen) atoms. The number of rotatable bonds is 5. The number of amides is 3. The molecule has 142 valence electrons. The van der Waals surface area contributed by atoms with Crippen LogP contribution in [0.2, 0.25) is 0 Å². The van der Waals surface area contributed by atoms with Gasteiger partial charge in [0.1, 0.15) is 5.75 Å². The summed E-state index contributed by atoms with van der Waals surface area (Å²) in [6.07, 6.45) is 0.842. The minimum Gasteiger partial charge on any atom is -0.493 e. The number of benzene rings is 2. The van der Waals surface area contributed by atoms with Crippen molar-refractivity contribution < 1.29 is 19.5 Å². The Morgan fingerprint density at radius 1 is 1.11 bits per heavy atom. The predicted octanol–water partition coefficient (Wildman–Crippen LogP) is 3.26. The minimum absolute atomic E-state index is 0.140. The second kappa shape index (κ2) is 8.09. The molecule has 1 aliphatic rings. The molecule has 0 fully saturated rings. The smallest absolute Gasteiger partial charge is 0.319 e. The molecule has 0 aliphatic carbocycles. The molecule has 0 unspecified atom stereocenters.